The smallest absolute Gasteiger partial charge is 0.0897 e. The Hall–Kier alpha value is -0.450. The van der Waals surface area contributed by atoms with E-state index in [9.17, 15) is 0 Å². The Morgan fingerprint density at radius 2 is 2.13 bits per heavy atom. The van der Waals surface area contributed by atoms with Crippen LogP contribution in [0, 0.1) is 6.92 Å². The molecule has 0 saturated carbocycles. The van der Waals surface area contributed by atoms with Crippen LogP contribution in [0.3, 0.4) is 0 Å². The number of thiazole rings is 1. The van der Waals surface area contributed by atoms with Gasteiger partial charge in [-0.1, -0.05) is 12.8 Å². The maximum absolute atomic E-state index is 5.43. The van der Waals surface area contributed by atoms with Crippen LogP contribution in [0.25, 0.3) is 0 Å². The fourth-order valence-corrected chi connectivity index (χ4v) is 2.21. The second-order valence-corrected chi connectivity index (χ2v) is 5.04. The third kappa shape index (κ3) is 5.87. The first-order chi connectivity index (χ1) is 7.33. The van der Waals surface area contributed by atoms with Crippen molar-refractivity contribution in [3.05, 3.63) is 16.1 Å². The highest BCUT2D eigenvalue weighted by atomic mass is 32.1. The lowest BCUT2D eigenvalue weighted by Gasteiger charge is -2.02. The topological polar surface area (TPSA) is 50.9 Å². The molecule has 0 amide bonds. The predicted molar refractivity (Wildman–Crippen MR) is 66.1 cm³/mol. The number of unbranched alkanes of at least 4 members (excludes halogenated alkanes) is 3. The van der Waals surface area contributed by atoms with Crippen LogP contribution in [0.1, 0.15) is 35.6 Å². The molecular weight excluding hydrogens is 206 g/mol. The van der Waals surface area contributed by atoms with Crippen LogP contribution in [-0.2, 0) is 6.54 Å². The molecule has 0 aliphatic heterocycles. The van der Waals surface area contributed by atoms with Crippen LogP contribution in [0.2, 0.25) is 0 Å². The number of nitrogens with two attached hydrogens (primary N) is 1. The largest absolute Gasteiger partial charge is 0.330 e. The molecule has 0 atom stereocenters. The van der Waals surface area contributed by atoms with Crippen LogP contribution in [0.4, 0.5) is 0 Å². The number of nitrogens with zero attached hydrogens (tertiary/aromatic N) is 1. The summed E-state index contributed by atoms with van der Waals surface area (Å²) in [4.78, 5) is 5.55. The van der Waals surface area contributed by atoms with Crippen molar-refractivity contribution in [3.8, 4) is 0 Å². The minimum absolute atomic E-state index is 0.827. The van der Waals surface area contributed by atoms with E-state index >= 15 is 0 Å². The Labute approximate surface area is 96.1 Å². The van der Waals surface area contributed by atoms with Crippen molar-refractivity contribution in [2.24, 2.45) is 5.73 Å². The van der Waals surface area contributed by atoms with Crippen molar-refractivity contribution < 1.29 is 0 Å². The van der Waals surface area contributed by atoms with E-state index in [4.69, 9.17) is 5.73 Å². The summed E-state index contributed by atoms with van der Waals surface area (Å²) in [6.07, 6.45) is 6.91. The van der Waals surface area contributed by atoms with Gasteiger partial charge in [-0.05, 0) is 32.9 Å². The summed E-state index contributed by atoms with van der Waals surface area (Å²) in [6, 6.07) is 0. The van der Waals surface area contributed by atoms with Gasteiger partial charge in [-0.2, -0.15) is 0 Å². The average Bonchev–Trinajstić information content (AvgIpc) is 2.63. The van der Waals surface area contributed by atoms with Crippen molar-refractivity contribution in [2.75, 3.05) is 13.1 Å². The van der Waals surface area contributed by atoms with Gasteiger partial charge in [0, 0.05) is 17.6 Å². The van der Waals surface area contributed by atoms with Gasteiger partial charge < -0.3 is 11.1 Å². The van der Waals surface area contributed by atoms with Gasteiger partial charge in [0.05, 0.1) is 5.01 Å². The number of hydrogen-bond donors (Lipinski definition) is 2. The Bertz CT molecular complexity index is 260. The highest BCUT2D eigenvalue weighted by Gasteiger charge is 1.96. The number of aromatic nitrogens is 1. The molecule has 0 fully saturated rings. The number of rotatable bonds is 8. The second kappa shape index (κ2) is 7.79. The second-order valence-electron chi connectivity index (χ2n) is 3.73. The first-order valence-corrected chi connectivity index (χ1v) is 6.46. The molecule has 0 aromatic carbocycles. The van der Waals surface area contributed by atoms with Gasteiger partial charge in [0.1, 0.15) is 0 Å². The predicted octanol–water partition coefficient (Wildman–Crippen LogP) is 2.06. The van der Waals surface area contributed by atoms with E-state index in [-0.39, 0.29) is 0 Å². The van der Waals surface area contributed by atoms with Crippen molar-refractivity contribution >= 4 is 11.3 Å². The van der Waals surface area contributed by atoms with Gasteiger partial charge in [-0.25, -0.2) is 4.98 Å². The lowest BCUT2D eigenvalue weighted by molar-refractivity contribution is 0.592. The molecule has 1 aromatic heterocycles. The third-order valence-corrected chi connectivity index (χ3v) is 3.19. The molecule has 0 saturated heterocycles. The fourth-order valence-electron chi connectivity index (χ4n) is 1.45. The minimum Gasteiger partial charge on any atom is -0.330 e. The van der Waals surface area contributed by atoms with Crippen molar-refractivity contribution in [1.29, 1.82) is 0 Å². The lowest BCUT2D eigenvalue weighted by atomic mass is 10.2. The van der Waals surface area contributed by atoms with Gasteiger partial charge >= 0.3 is 0 Å². The summed E-state index contributed by atoms with van der Waals surface area (Å²) >= 11 is 1.77. The minimum atomic E-state index is 0.827. The normalized spacial score (nSPS) is 10.8. The molecular formula is C11H21N3S. The SMILES string of the molecule is Cc1ncc(CNCCCCCCN)s1. The lowest BCUT2D eigenvalue weighted by Crippen LogP contribution is -2.13. The fraction of sp³-hybridized carbons (Fsp3) is 0.727. The molecule has 15 heavy (non-hydrogen) atoms. The van der Waals surface area contributed by atoms with Crippen LogP contribution < -0.4 is 11.1 Å². The molecule has 0 bridgehead atoms. The van der Waals surface area contributed by atoms with E-state index in [1.54, 1.807) is 11.3 Å². The summed E-state index contributed by atoms with van der Waals surface area (Å²) in [7, 11) is 0. The Kier molecular flexibility index (Phi) is 6.55. The zero-order valence-corrected chi connectivity index (χ0v) is 10.3. The van der Waals surface area contributed by atoms with Crippen LogP contribution in [0.15, 0.2) is 6.20 Å². The zero-order valence-electron chi connectivity index (χ0n) is 9.46. The number of nitrogens with one attached hydrogen (secondary N) is 1. The molecule has 1 rings (SSSR count). The van der Waals surface area contributed by atoms with Crippen molar-refractivity contribution in [3.63, 3.8) is 0 Å². The van der Waals surface area contributed by atoms with E-state index in [0.29, 0.717) is 0 Å². The molecule has 0 unspecified atom stereocenters. The Morgan fingerprint density at radius 3 is 2.80 bits per heavy atom. The summed E-state index contributed by atoms with van der Waals surface area (Å²) in [5.74, 6) is 0. The maximum atomic E-state index is 5.43. The Balaban J connectivity index is 1.93. The molecule has 86 valence electrons. The van der Waals surface area contributed by atoms with Gasteiger partial charge in [0.2, 0.25) is 0 Å². The first kappa shape index (κ1) is 12.6. The highest BCUT2D eigenvalue weighted by Crippen LogP contribution is 2.10. The molecule has 1 aromatic rings. The van der Waals surface area contributed by atoms with Crippen LogP contribution in [0.5, 0.6) is 0 Å². The summed E-state index contributed by atoms with van der Waals surface area (Å²) in [6.45, 7) is 4.93. The third-order valence-electron chi connectivity index (χ3n) is 2.28. The maximum Gasteiger partial charge on any atom is 0.0897 e. The van der Waals surface area contributed by atoms with Gasteiger partial charge in [0.25, 0.3) is 0 Å². The van der Waals surface area contributed by atoms with Gasteiger partial charge in [-0.3, -0.25) is 0 Å². The summed E-state index contributed by atoms with van der Waals surface area (Å²) in [5, 5.41) is 4.58. The number of aryl methyl sites for hydroxylation is 1. The summed E-state index contributed by atoms with van der Waals surface area (Å²) in [5.41, 5.74) is 5.43. The summed E-state index contributed by atoms with van der Waals surface area (Å²) < 4.78 is 0. The highest BCUT2D eigenvalue weighted by molar-refractivity contribution is 7.11. The van der Waals surface area contributed by atoms with E-state index in [1.807, 2.05) is 13.1 Å². The quantitative estimate of drug-likeness (QED) is 0.668. The molecule has 4 heteroatoms. The first-order valence-electron chi connectivity index (χ1n) is 5.65. The standard InChI is InChI=1S/C11H21N3S/c1-10-14-9-11(15-10)8-13-7-5-3-2-4-6-12/h9,13H,2-8,12H2,1H3. The van der Waals surface area contributed by atoms with Crippen molar-refractivity contribution in [2.45, 2.75) is 39.2 Å². The van der Waals surface area contributed by atoms with E-state index < -0.39 is 0 Å². The zero-order chi connectivity index (χ0) is 10.9. The molecule has 0 aliphatic rings. The van der Waals surface area contributed by atoms with E-state index in [1.165, 1.54) is 24.1 Å². The number of hydrogen-bond acceptors (Lipinski definition) is 4. The van der Waals surface area contributed by atoms with E-state index in [2.05, 4.69) is 10.3 Å². The monoisotopic (exact) mass is 227 g/mol. The average molecular weight is 227 g/mol. The Morgan fingerprint density at radius 1 is 1.33 bits per heavy atom. The molecule has 0 spiro atoms. The molecule has 0 aliphatic carbocycles. The van der Waals surface area contributed by atoms with Gasteiger partial charge in [-0.15, -0.1) is 11.3 Å². The van der Waals surface area contributed by atoms with Crippen molar-refractivity contribution in [1.82, 2.24) is 10.3 Å². The van der Waals surface area contributed by atoms with Crippen LogP contribution >= 0.6 is 11.3 Å². The van der Waals surface area contributed by atoms with Crippen LogP contribution in [-0.4, -0.2) is 18.1 Å². The van der Waals surface area contributed by atoms with Gasteiger partial charge in [0.15, 0.2) is 0 Å². The molecule has 0 radical (unpaired) electrons. The molecule has 1 heterocycles. The van der Waals surface area contributed by atoms with E-state index in [0.717, 1.165) is 31.1 Å². The molecule has 3 nitrogen and oxygen atoms in total. The molecule has 3 N–H and O–H groups in total.